The Morgan fingerprint density at radius 1 is 1.27 bits per heavy atom. The zero-order chi connectivity index (χ0) is 15.1. The Kier molecular flexibility index (Phi) is 3.37. The summed E-state index contributed by atoms with van der Waals surface area (Å²) in [7, 11) is 0. The van der Waals surface area contributed by atoms with E-state index in [1.165, 1.54) is 6.42 Å². The van der Waals surface area contributed by atoms with Crippen LogP contribution in [0.25, 0.3) is 11.0 Å². The third-order valence-electron chi connectivity index (χ3n) is 4.75. The summed E-state index contributed by atoms with van der Waals surface area (Å²) < 4.78 is 7.62. The van der Waals surface area contributed by atoms with Gasteiger partial charge in [0.2, 0.25) is 0 Å². The van der Waals surface area contributed by atoms with Crippen molar-refractivity contribution in [2.24, 2.45) is 5.92 Å². The first kappa shape index (κ1) is 13.8. The predicted molar refractivity (Wildman–Crippen MR) is 83.9 cm³/mol. The number of benzene rings is 1. The van der Waals surface area contributed by atoms with Crippen molar-refractivity contribution < 1.29 is 9.53 Å². The normalized spacial score (nSPS) is 21.9. The molecule has 3 heterocycles. The van der Waals surface area contributed by atoms with E-state index in [1.807, 2.05) is 17.0 Å². The molecular formula is C17H21N3O2. The maximum atomic E-state index is 12.6. The molecule has 22 heavy (non-hydrogen) atoms. The van der Waals surface area contributed by atoms with Crippen LogP contribution < -0.4 is 0 Å². The maximum Gasteiger partial charge on any atom is 0.254 e. The molecule has 0 unspecified atom stereocenters. The molecule has 0 N–H and O–H groups in total. The number of aryl methyl sites for hydroxylation is 1. The average molecular weight is 299 g/mol. The number of nitrogens with zero attached hydrogens (tertiary/aromatic N) is 3. The Morgan fingerprint density at radius 2 is 2.09 bits per heavy atom. The van der Waals surface area contributed by atoms with Gasteiger partial charge in [-0.2, -0.15) is 0 Å². The number of imidazole rings is 1. The van der Waals surface area contributed by atoms with E-state index in [-0.39, 0.29) is 5.91 Å². The van der Waals surface area contributed by atoms with Gasteiger partial charge in [-0.15, -0.1) is 0 Å². The Balaban J connectivity index is 1.67. The third kappa shape index (κ3) is 2.29. The molecule has 1 aromatic heterocycles. The molecule has 1 aromatic carbocycles. The number of aromatic nitrogens is 2. The minimum Gasteiger partial charge on any atom is -0.378 e. The summed E-state index contributed by atoms with van der Waals surface area (Å²) in [6.07, 6.45) is 2.23. The molecule has 4 rings (SSSR count). The Bertz CT molecular complexity index is 716. The SMILES string of the molecule is C[C@H]1CCn2c(nc3cc(C(=O)N4CCOCC4)ccc32)C1. The molecule has 0 aliphatic carbocycles. The van der Waals surface area contributed by atoms with E-state index in [0.717, 1.165) is 35.4 Å². The highest BCUT2D eigenvalue weighted by atomic mass is 16.5. The molecular weight excluding hydrogens is 278 g/mol. The van der Waals surface area contributed by atoms with Crippen molar-refractivity contribution in [1.29, 1.82) is 0 Å². The van der Waals surface area contributed by atoms with Gasteiger partial charge in [-0.1, -0.05) is 6.92 Å². The minimum absolute atomic E-state index is 0.0875. The van der Waals surface area contributed by atoms with Crippen molar-refractivity contribution in [3.8, 4) is 0 Å². The smallest absolute Gasteiger partial charge is 0.254 e. The summed E-state index contributed by atoms with van der Waals surface area (Å²) in [4.78, 5) is 19.2. The zero-order valence-corrected chi connectivity index (χ0v) is 12.9. The van der Waals surface area contributed by atoms with Gasteiger partial charge in [0.25, 0.3) is 5.91 Å². The van der Waals surface area contributed by atoms with E-state index < -0.39 is 0 Å². The van der Waals surface area contributed by atoms with Crippen LogP contribution in [0, 0.1) is 5.92 Å². The van der Waals surface area contributed by atoms with E-state index in [2.05, 4.69) is 17.6 Å². The first-order chi connectivity index (χ1) is 10.7. The minimum atomic E-state index is 0.0875. The maximum absolute atomic E-state index is 12.6. The van der Waals surface area contributed by atoms with Crippen molar-refractivity contribution in [3.63, 3.8) is 0 Å². The molecule has 0 spiro atoms. The zero-order valence-electron chi connectivity index (χ0n) is 12.9. The van der Waals surface area contributed by atoms with E-state index in [0.29, 0.717) is 32.2 Å². The Hall–Kier alpha value is -1.88. The lowest BCUT2D eigenvalue weighted by atomic mass is 10.0. The average Bonchev–Trinajstić information content (AvgIpc) is 2.91. The number of carbonyl (C=O) groups is 1. The highest BCUT2D eigenvalue weighted by Gasteiger charge is 2.22. The topological polar surface area (TPSA) is 47.4 Å². The summed E-state index contributed by atoms with van der Waals surface area (Å²) >= 11 is 0. The second-order valence-electron chi connectivity index (χ2n) is 6.39. The first-order valence-corrected chi connectivity index (χ1v) is 8.08. The lowest BCUT2D eigenvalue weighted by molar-refractivity contribution is 0.0303. The number of hydrogen-bond donors (Lipinski definition) is 0. The van der Waals surface area contributed by atoms with Crippen LogP contribution in [-0.4, -0.2) is 46.7 Å². The van der Waals surface area contributed by atoms with Crippen molar-refractivity contribution in [2.45, 2.75) is 26.3 Å². The van der Waals surface area contributed by atoms with Gasteiger partial charge < -0.3 is 14.2 Å². The van der Waals surface area contributed by atoms with Crippen molar-refractivity contribution in [2.75, 3.05) is 26.3 Å². The lowest BCUT2D eigenvalue weighted by Gasteiger charge is -2.26. The van der Waals surface area contributed by atoms with Gasteiger partial charge in [-0.05, 0) is 30.5 Å². The van der Waals surface area contributed by atoms with Crippen molar-refractivity contribution in [3.05, 3.63) is 29.6 Å². The van der Waals surface area contributed by atoms with Crippen molar-refractivity contribution >= 4 is 16.9 Å². The van der Waals surface area contributed by atoms with E-state index in [4.69, 9.17) is 9.72 Å². The molecule has 2 aliphatic heterocycles. The molecule has 0 bridgehead atoms. The highest BCUT2D eigenvalue weighted by molar-refractivity contribution is 5.97. The van der Waals surface area contributed by atoms with Gasteiger partial charge in [-0.25, -0.2) is 4.98 Å². The van der Waals surface area contributed by atoms with Crippen LogP contribution in [0.5, 0.6) is 0 Å². The van der Waals surface area contributed by atoms with Crippen LogP contribution >= 0.6 is 0 Å². The van der Waals surface area contributed by atoms with Crippen LogP contribution in [0.2, 0.25) is 0 Å². The fraction of sp³-hybridized carbons (Fsp3) is 0.529. The summed E-state index contributed by atoms with van der Waals surface area (Å²) in [5, 5.41) is 0. The molecule has 0 saturated carbocycles. The number of fused-ring (bicyclic) bond motifs is 3. The molecule has 1 saturated heterocycles. The van der Waals surface area contributed by atoms with Gasteiger partial charge in [0, 0.05) is 31.6 Å². The Morgan fingerprint density at radius 3 is 2.91 bits per heavy atom. The van der Waals surface area contributed by atoms with Crippen LogP contribution in [0.4, 0.5) is 0 Å². The number of morpholine rings is 1. The molecule has 116 valence electrons. The van der Waals surface area contributed by atoms with Gasteiger partial charge >= 0.3 is 0 Å². The summed E-state index contributed by atoms with van der Waals surface area (Å²) in [5.41, 5.74) is 2.83. The number of amides is 1. The molecule has 2 aromatic rings. The molecule has 1 atom stereocenters. The quantitative estimate of drug-likeness (QED) is 0.810. The number of hydrogen-bond acceptors (Lipinski definition) is 3. The summed E-state index contributed by atoms with van der Waals surface area (Å²) in [6, 6.07) is 5.94. The molecule has 1 amide bonds. The Labute approximate surface area is 129 Å². The predicted octanol–water partition coefficient (Wildman–Crippen LogP) is 2.09. The van der Waals surface area contributed by atoms with Crippen LogP contribution in [-0.2, 0) is 17.7 Å². The van der Waals surface area contributed by atoms with Gasteiger partial charge in [0.15, 0.2) is 0 Å². The van der Waals surface area contributed by atoms with Crippen LogP contribution in [0.15, 0.2) is 18.2 Å². The largest absolute Gasteiger partial charge is 0.378 e. The van der Waals surface area contributed by atoms with Gasteiger partial charge in [0.05, 0.1) is 24.2 Å². The second kappa shape index (κ2) is 5.39. The monoisotopic (exact) mass is 299 g/mol. The fourth-order valence-electron chi connectivity index (χ4n) is 3.43. The summed E-state index contributed by atoms with van der Waals surface area (Å²) in [5.74, 6) is 1.94. The van der Waals surface area contributed by atoms with E-state index in [9.17, 15) is 4.79 Å². The molecule has 5 heteroatoms. The van der Waals surface area contributed by atoms with Gasteiger partial charge in [0.1, 0.15) is 5.82 Å². The molecule has 1 fully saturated rings. The molecule has 0 radical (unpaired) electrons. The highest BCUT2D eigenvalue weighted by Crippen LogP contribution is 2.26. The second-order valence-corrected chi connectivity index (χ2v) is 6.39. The molecule has 5 nitrogen and oxygen atoms in total. The number of carbonyl (C=O) groups excluding carboxylic acids is 1. The van der Waals surface area contributed by atoms with Crippen LogP contribution in [0.3, 0.4) is 0 Å². The number of ether oxygens (including phenoxy) is 1. The standard InChI is InChI=1S/C17H21N3O2/c1-12-4-5-20-15-3-2-13(11-14(15)18-16(20)10-12)17(21)19-6-8-22-9-7-19/h2-3,11-12H,4-10H2,1H3/t12-/m0/s1. The lowest BCUT2D eigenvalue weighted by Crippen LogP contribution is -2.40. The van der Waals surface area contributed by atoms with Crippen molar-refractivity contribution in [1.82, 2.24) is 14.5 Å². The van der Waals surface area contributed by atoms with Crippen LogP contribution in [0.1, 0.15) is 29.5 Å². The number of rotatable bonds is 1. The van der Waals surface area contributed by atoms with E-state index in [1.54, 1.807) is 0 Å². The fourth-order valence-corrected chi connectivity index (χ4v) is 3.43. The summed E-state index contributed by atoms with van der Waals surface area (Å²) in [6.45, 7) is 5.91. The first-order valence-electron chi connectivity index (χ1n) is 8.08. The van der Waals surface area contributed by atoms with Gasteiger partial charge in [-0.3, -0.25) is 4.79 Å². The molecule has 2 aliphatic rings. The van der Waals surface area contributed by atoms with E-state index >= 15 is 0 Å². The third-order valence-corrected chi connectivity index (χ3v) is 4.75.